The minimum atomic E-state index is 0.164. The summed E-state index contributed by atoms with van der Waals surface area (Å²) >= 11 is 7.48. The van der Waals surface area contributed by atoms with Crippen LogP contribution in [0.3, 0.4) is 0 Å². The average molecular weight is 363 g/mol. The molecule has 0 saturated carbocycles. The quantitative estimate of drug-likeness (QED) is 0.790. The van der Waals surface area contributed by atoms with Crippen LogP contribution in [0.15, 0.2) is 17.1 Å². The summed E-state index contributed by atoms with van der Waals surface area (Å²) in [6.45, 7) is 4.49. The van der Waals surface area contributed by atoms with E-state index in [9.17, 15) is 0 Å². The largest absolute Gasteiger partial charge is 0.337 e. The number of guanidine groups is 1. The van der Waals surface area contributed by atoms with Crippen molar-refractivity contribution in [2.24, 2.45) is 10.9 Å². The molecule has 0 aromatic carbocycles. The summed E-state index contributed by atoms with van der Waals surface area (Å²) in [7, 11) is 2.17. The fourth-order valence-corrected chi connectivity index (χ4v) is 5.43. The van der Waals surface area contributed by atoms with Gasteiger partial charge in [0.05, 0.1) is 12.1 Å². The standard InChI is InChI=1S/C16H19ClN6S/c1-22-14(18-8-16(22)9-23-6-4-10(16)5-7-23)21-15-19-11-2-3-12(17)20-13(11)24-15/h2-3,10H,4-9H2,1H3,(H,18,19,21). The molecule has 4 aliphatic rings. The van der Waals surface area contributed by atoms with Crippen molar-refractivity contribution in [2.45, 2.75) is 18.4 Å². The zero-order valence-corrected chi connectivity index (χ0v) is 15.1. The Kier molecular flexibility index (Phi) is 3.27. The fourth-order valence-electron chi connectivity index (χ4n) is 4.41. The summed E-state index contributed by atoms with van der Waals surface area (Å²) in [4.78, 5) is 19.5. The smallest absolute Gasteiger partial charge is 0.200 e. The lowest BCUT2D eigenvalue weighted by Crippen LogP contribution is -2.66. The summed E-state index contributed by atoms with van der Waals surface area (Å²) in [5.41, 5.74) is 1.03. The van der Waals surface area contributed by atoms with Crippen LogP contribution >= 0.6 is 22.9 Å². The van der Waals surface area contributed by atoms with Crippen molar-refractivity contribution in [3.63, 3.8) is 0 Å². The fraction of sp³-hybridized carbons (Fsp3) is 0.562. The van der Waals surface area contributed by atoms with Gasteiger partial charge < -0.3 is 15.1 Å². The maximum absolute atomic E-state index is 5.97. The summed E-state index contributed by atoms with van der Waals surface area (Å²) < 4.78 is 0. The number of halogens is 1. The van der Waals surface area contributed by atoms with E-state index in [0.29, 0.717) is 5.15 Å². The van der Waals surface area contributed by atoms with E-state index in [0.717, 1.165) is 40.4 Å². The van der Waals surface area contributed by atoms with E-state index in [1.54, 1.807) is 6.07 Å². The predicted octanol–water partition coefficient (Wildman–Crippen LogP) is 2.52. The molecule has 0 radical (unpaired) electrons. The molecule has 6 nitrogen and oxygen atoms in total. The monoisotopic (exact) mass is 362 g/mol. The van der Waals surface area contributed by atoms with Crippen LogP contribution in [0.2, 0.25) is 5.15 Å². The van der Waals surface area contributed by atoms with E-state index in [2.05, 4.69) is 32.1 Å². The van der Waals surface area contributed by atoms with E-state index in [4.69, 9.17) is 16.6 Å². The Morgan fingerprint density at radius 3 is 2.88 bits per heavy atom. The first kappa shape index (κ1) is 14.9. The number of hydrogen-bond acceptors (Lipinski definition) is 7. The molecule has 1 spiro atoms. The molecular weight excluding hydrogens is 344 g/mol. The Balaban J connectivity index is 1.39. The van der Waals surface area contributed by atoms with Gasteiger partial charge in [0.25, 0.3) is 0 Å². The molecule has 0 aliphatic carbocycles. The average Bonchev–Trinajstić information content (AvgIpc) is 3.12. The highest BCUT2D eigenvalue weighted by atomic mass is 35.5. The van der Waals surface area contributed by atoms with Crippen LogP contribution in [0, 0.1) is 5.92 Å². The number of aromatic nitrogens is 2. The van der Waals surface area contributed by atoms with E-state index in [-0.39, 0.29) is 5.54 Å². The summed E-state index contributed by atoms with van der Waals surface area (Å²) in [5.74, 6) is 1.67. The number of likely N-dealkylation sites (N-methyl/N-ethyl adjacent to an activating group) is 1. The maximum Gasteiger partial charge on any atom is 0.200 e. The SMILES string of the molecule is CN1C(Nc2nc3ccc(Cl)nc3s2)=NCC12CN1CCC2CC1. The van der Waals surface area contributed by atoms with Gasteiger partial charge in [-0.2, -0.15) is 0 Å². The van der Waals surface area contributed by atoms with Crippen molar-refractivity contribution in [2.75, 3.05) is 38.5 Å². The van der Waals surface area contributed by atoms with Crippen LogP contribution in [-0.4, -0.2) is 64.5 Å². The highest BCUT2D eigenvalue weighted by Gasteiger charge is 2.52. The number of nitrogens with one attached hydrogen (secondary N) is 1. The normalized spacial score (nSPS) is 31.9. The zero-order chi connectivity index (χ0) is 16.3. The van der Waals surface area contributed by atoms with Gasteiger partial charge in [0.15, 0.2) is 5.13 Å². The van der Waals surface area contributed by atoms with Crippen LogP contribution < -0.4 is 5.32 Å². The molecule has 6 rings (SSSR count). The lowest BCUT2D eigenvalue weighted by molar-refractivity contribution is -0.0199. The van der Waals surface area contributed by atoms with Crippen molar-refractivity contribution in [3.8, 4) is 0 Å². The topological polar surface area (TPSA) is 56.6 Å². The first-order valence-corrected chi connectivity index (χ1v) is 9.54. The number of rotatable bonds is 1. The second-order valence-corrected chi connectivity index (χ2v) is 8.32. The second-order valence-electron chi connectivity index (χ2n) is 6.96. The van der Waals surface area contributed by atoms with Crippen LogP contribution in [0.1, 0.15) is 12.8 Å². The molecule has 1 unspecified atom stereocenters. The van der Waals surface area contributed by atoms with Crippen molar-refractivity contribution in [3.05, 3.63) is 17.3 Å². The zero-order valence-electron chi connectivity index (χ0n) is 13.5. The molecular formula is C16H19ClN6S. The molecule has 6 heterocycles. The van der Waals surface area contributed by atoms with Gasteiger partial charge in [-0.3, -0.25) is 4.99 Å². The van der Waals surface area contributed by atoms with Crippen LogP contribution in [0.4, 0.5) is 5.13 Å². The number of nitrogens with zero attached hydrogens (tertiary/aromatic N) is 5. The summed E-state index contributed by atoms with van der Waals surface area (Å²) in [6, 6.07) is 3.68. The summed E-state index contributed by atoms with van der Waals surface area (Å²) in [6.07, 6.45) is 2.58. The third-order valence-electron chi connectivity index (χ3n) is 5.77. The number of fused-ring (bicyclic) bond motifs is 3. The van der Waals surface area contributed by atoms with Gasteiger partial charge >= 0.3 is 0 Å². The molecule has 8 heteroatoms. The van der Waals surface area contributed by atoms with E-state index in [1.807, 2.05) is 6.07 Å². The van der Waals surface area contributed by atoms with E-state index >= 15 is 0 Å². The van der Waals surface area contributed by atoms with Crippen molar-refractivity contribution in [1.82, 2.24) is 19.8 Å². The van der Waals surface area contributed by atoms with Crippen molar-refractivity contribution >= 4 is 44.4 Å². The molecule has 2 aromatic rings. The first-order chi connectivity index (χ1) is 11.6. The first-order valence-electron chi connectivity index (χ1n) is 8.35. The van der Waals surface area contributed by atoms with Crippen molar-refractivity contribution in [1.29, 1.82) is 0 Å². The van der Waals surface area contributed by atoms with Crippen LogP contribution in [-0.2, 0) is 0 Å². The molecule has 4 aliphatic heterocycles. The number of thiazole rings is 1. The van der Waals surface area contributed by atoms with Crippen LogP contribution in [0.5, 0.6) is 0 Å². The molecule has 3 saturated heterocycles. The highest BCUT2D eigenvalue weighted by molar-refractivity contribution is 7.22. The Labute approximate surface area is 149 Å². The molecule has 2 bridgehead atoms. The molecule has 24 heavy (non-hydrogen) atoms. The maximum atomic E-state index is 5.97. The third kappa shape index (κ3) is 2.14. The minimum absolute atomic E-state index is 0.164. The summed E-state index contributed by atoms with van der Waals surface area (Å²) in [5, 5.41) is 4.73. The van der Waals surface area contributed by atoms with Gasteiger partial charge in [-0.05, 0) is 44.0 Å². The van der Waals surface area contributed by atoms with Gasteiger partial charge in [-0.25, -0.2) is 9.97 Å². The Hall–Kier alpha value is -1.44. The number of aliphatic imine (C=N–C) groups is 1. The number of hydrogen-bond donors (Lipinski definition) is 1. The van der Waals surface area contributed by atoms with E-state index in [1.165, 1.54) is 37.3 Å². The number of piperidine rings is 3. The van der Waals surface area contributed by atoms with Gasteiger partial charge in [0.2, 0.25) is 5.96 Å². The molecule has 1 N–H and O–H groups in total. The molecule has 1 atom stereocenters. The lowest BCUT2D eigenvalue weighted by Gasteiger charge is -2.54. The second kappa shape index (κ2) is 5.28. The molecule has 126 valence electrons. The lowest BCUT2D eigenvalue weighted by atomic mass is 9.72. The third-order valence-corrected chi connectivity index (χ3v) is 6.86. The Morgan fingerprint density at radius 2 is 2.12 bits per heavy atom. The van der Waals surface area contributed by atoms with Gasteiger partial charge in [0.1, 0.15) is 15.5 Å². The highest BCUT2D eigenvalue weighted by Crippen LogP contribution is 2.42. The van der Waals surface area contributed by atoms with Gasteiger partial charge in [-0.15, -0.1) is 0 Å². The Bertz CT molecular complexity index is 827. The minimum Gasteiger partial charge on any atom is -0.337 e. The molecule has 0 amide bonds. The molecule has 3 fully saturated rings. The predicted molar refractivity (Wildman–Crippen MR) is 98.0 cm³/mol. The van der Waals surface area contributed by atoms with Gasteiger partial charge in [-0.1, -0.05) is 22.9 Å². The number of pyridine rings is 1. The van der Waals surface area contributed by atoms with E-state index < -0.39 is 0 Å². The van der Waals surface area contributed by atoms with Crippen LogP contribution in [0.25, 0.3) is 10.3 Å². The Morgan fingerprint density at radius 1 is 1.29 bits per heavy atom. The molecule has 2 aromatic heterocycles. The number of anilines is 1. The van der Waals surface area contributed by atoms with Crippen molar-refractivity contribution < 1.29 is 0 Å². The van der Waals surface area contributed by atoms with Gasteiger partial charge in [0, 0.05) is 13.6 Å².